The third kappa shape index (κ3) is 5.69. The fraction of sp³-hybridized carbons (Fsp3) is 0.133. The quantitative estimate of drug-likeness (QED) is 0.672. The van der Waals surface area contributed by atoms with Crippen LogP contribution in [0, 0.1) is 5.82 Å². The van der Waals surface area contributed by atoms with Crippen LogP contribution in [0.1, 0.15) is 9.67 Å². The Morgan fingerprint density at radius 2 is 1.75 bits per heavy atom. The van der Waals surface area contributed by atoms with Gasteiger partial charge in [0.15, 0.2) is 6.61 Å². The second kappa shape index (κ2) is 8.63. The molecule has 3 amide bonds. The van der Waals surface area contributed by atoms with Gasteiger partial charge in [-0.25, -0.2) is 4.39 Å². The SMILES string of the molecule is O=C(CNC(=O)c1cccs1)NNC(=O)COc1ccc(F)cc1. The largest absolute Gasteiger partial charge is 0.484 e. The molecule has 126 valence electrons. The summed E-state index contributed by atoms with van der Waals surface area (Å²) in [7, 11) is 0. The van der Waals surface area contributed by atoms with Gasteiger partial charge in [0.2, 0.25) is 0 Å². The summed E-state index contributed by atoms with van der Waals surface area (Å²) in [6.45, 7) is -0.636. The summed E-state index contributed by atoms with van der Waals surface area (Å²) in [5.74, 6) is -1.65. The molecule has 0 radical (unpaired) electrons. The first-order valence-electron chi connectivity index (χ1n) is 6.82. The number of benzene rings is 1. The third-order valence-corrected chi connectivity index (χ3v) is 3.55. The summed E-state index contributed by atoms with van der Waals surface area (Å²) < 4.78 is 17.8. The maximum absolute atomic E-state index is 12.7. The van der Waals surface area contributed by atoms with E-state index in [1.54, 1.807) is 17.5 Å². The van der Waals surface area contributed by atoms with Gasteiger partial charge in [-0.1, -0.05) is 6.07 Å². The zero-order valence-corrected chi connectivity index (χ0v) is 13.2. The lowest BCUT2D eigenvalue weighted by atomic mass is 10.3. The van der Waals surface area contributed by atoms with Crippen LogP contribution in [0.25, 0.3) is 0 Å². The number of ether oxygens (including phenoxy) is 1. The first-order chi connectivity index (χ1) is 11.5. The second-order valence-corrected chi connectivity index (χ2v) is 5.45. The molecule has 2 aromatic rings. The number of hydrogen-bond donors (Lipinski definition) is 3. The molecule has 0 aliphatic heterocycles. The topological polar surface area (TPSA) is 96.5 Å². The lowest BCUT2D eigenvalue weighted by molar-refractivity contribution is -0.129. The molecule has 0 fully saturated rings. The van der Waals surface area contributed by atoms with Crippen LogP contribution >= 0.6 is 11.3 Å². The zero-order valence-electron chi connectivity index (χ0n) is 12.4. The Morgan fingerprint density at radius 3 is 2.42 bits per heavy atom. The van der Waals surface area contributed by atoms with Gasteiger partial charge in [0, 0.05) is 0 Å². The van der Waals surface area contributed by atoms with Crippen LogP contribution in [-0.4, -0.2) is 30.9 Å². The van der Waals surface area contributed by atoms with Crippen LogP contribution in [0.3, 0.4) is 0 Å². The minimum Gasteiger partial charge on any atom is -0.484 e. The van der Waals surface area contributed by atoms with Crippen molar-refractivity contribution in [2.24, 2.45) is 0 Å². The Morgan fingerprint density at radius 1 is 1.04 bits per heavy atom. The molecule has 0 saturated heterocycles. The van der Waals surface area contributed by atoms with E-state index in [0.717, 1.165) is 0 Å². The molecule has 24 heavy (non-hydrogen) atoms. The van der Waals surface area contributed by atoms with Crippen molar-refractivity contribution in [2.75, 3.05) is 13.2 Å². The Hall–Kier alpha value is -2.94. The number of carbonyl (C=O) groups is 3. The number of rotatable bonds is 6. The zero-order chi connectivity index (χ0) is 17.4. The van der Waals surface area contributed by atoms with E-state index >= 15 is 0 Å². The molecule has 7 nitrogen and oxygen atoms in total. The average molecular weight is 351 g/mol. The highest BCUT2D eigenvalue weighted by Crippen LogP contribution is 2.10. The van der Waals surface area contributed by atoms with Crippen molar-refractivity contribution in [3.63, 3.8) is 0 Å². The normalized spacial score (nSPS) is 9.88. The Balaban J connectivity index is 1.63. The average Bonchev–Trinajstić information content (AvgIpc) is 3.12. The van der Waals surface area contributed by atoms with E-state index in [0.29, 0.717) is 10.6 Å². The van der Waals surface area contributed by atoms with Gasteiger partial charge in [0.1, 0.15) is 11.6 Å². The molecule has 3 N–H and O–H groups in total. The maximum Gasteiger partial charge on any atom is 0.276 e. The summed E-state index contributed by atoms with van der Waals surface area (Å²) in [5.41, 5.74) is 4.27. The standard InChI is InChI=1S/C15H14FN3O4S/c16-10-3-5-11(6-4-10)23-9-14(21)19-18-13(20)8-17-15(22)12-2-1-7-24-12/h1-7H,8-9H2,(H,17,22)(H,18,20)(H,19,21). The van der Waals surface area contributed by atoms with Gasteiger partial charge in [0.25, 0.3) is 17.7 Å². The molecule has 0 atom stereocenters. The van der Waals surface area contributed by atoms with E-state index in [2.05, 4.69) is 16.2 Å². The number of hydrogen-bond acceptors (Lipinski definition) is 5. The van der Waals surface area contributed by atoms with E-state index in [9.17, 15) is 18.8 Å². The van der Waals surface area contributed by atoms with Gasteiger partial charge in [-0.15, -0.1) is 11.3 Å². The number of nitrogens with one attached hydrogen (secondary N) is 3. The predicted molar refractivity (Wildman–Crippen MR) is 84.8 cm³/mol. The Bertz CT molecular complexity index is 704. The lowest BCUT2D eigenvalue weighted by Gasteiger charge is -2.09. The van der Waals surface area contributed by atoms with Gasteiger partial charge in [0.05, 0.1) is 11.4 Å². The van der Waals surface area contributed by atoms with E-state index in [1.807, 2.05) is 0 Å². The first kappa shape index (κ1) is 17.4. The molecule has 1 aromatic heterocycles. The molecule has 9 heteroatoms. The van der Waals surface area contributed by atoms with Crippen LogP contribution < -0.4 is 20.9 Å². The van der Waals surface area contributed by atoms with Crippen molar-refractivity contribution in [1.29, 1.82) is 0 Å². The molecule has 0 aliphatic rings. The van der Waals surface area contributed by atoms with Crippen molar-refractivity contribution in [2.45, 2.75) is 0 Å². The van der Waals surface area contributed by atoms with Crippen LogP contribution in [0.5, 0.6) is 5.75 Å². The highest BCUT2D eigenvalue weighted by Gasteiger charge is 2.09. The number of amides is 3. The second-order valence-electron chi connectivity index (χ2n) is 4.50. The summed E-state index contributed by atoms with van der Waals surface area (Å²) in [6, 6.07) is 8.51. The molecule has 0 bridgehead atoms. The number of halogens is 1. The van der Waals surface area contributed by atoms with E-state index in [4.69, 9.17) is 4.74 Å². The van der Waals surface area contributed by atoms with E-state index in [-0.39, 0.29) is 19.1 Å². The summed E-state index contributed by atoms with van der Waals surface area (Å²) in [4.78, 5) is 35.1. The molecule has 0 aliphatic carbocycles. The van der Waals surface area contributed by atoms with Crippen LogP contribution in [0.2, 0.25) is 0 Å². The van der Waals surface area contributed by atoms with Crippen molar-refractivity contribution in [1.82, 2.24) is 16.2 Å². The molecule has 1 aromatic carbocycles. The predicted octanol–water partition coefficient (Wildman–Crippen LogP) is 0.843. The summed E-state index contributed by atoms with van der Waals surface area (Å²) in [5, 5.41) is 4.16. The van der Waals surface area contributed by atoms with Crippen molar-refractivity contribution >= 4 is 29.1 Å². The van der Waals surface area contributed by atoms with Crippen molar-refractivity contribution in [3.8, 4) is 5.75 Å². The molecular formula is C15H14FN3O4S. The number of carbonyl (C=O) groups excluding carboxylic acids is 3. The highest BCUT2D eigenvalue weighted by molar-refractivity contribution is 7.12. The van der Waals surface area contributed by atoms with Crippen LogP contribution in [-0.2, 0) is 9.59 Å². The maximum atomic E-state index is 12.7. The minimum atomic E-state index is -0.600. The molecule has 0 saturated carbocycles. The Kier molecular flexibility index (Phi) is 6.26. The number of thiophene rings is 1. The fourth-order valence-corrected chi connectivity index (χ4v) is 2.19. The smallest absolute Gasteiger partial charge is 0.276 e. The van der Waals surface area contributed by atoms with Crippen molar-refractivity contribution in [3.05, 3.63) is 52.5 Å². The van der Waals surface area contributed by atoms with Gasteiger partial charge in [-0.3, -0.25) is 25.2 Å². The molecule has 0 unspecified atom stereocenters. The minimum absolute atomic E-state index is 0.282. The van der Waals surface area contributed by atoms with Gasteiger partial charge < -0.3 is 10.1 Å². The highest BCUT2D eigenvalue weighted by atomic mass is 32.1. The van der Waals surface area contributed by atoms with Gasteiger partial charge >= 0.3 is 0 Å². The van der Waals surface area contributed by atoms with E-state index < -0.39 is 17.6 Å². The number of hydrazine groups is 1. The van der Waals surface area contributed by atoms with Crippen molar-refractivity contribution < 1.29 is 23.5 Å². The fourth-order valence-electron chi connectivity index (χ4n) is 1.55. The summed E-state index contributed by atoms with van der Waals surface area (Å²) in [6.07, 6.45) is 0. The Labute approximate surface area is 140 Å². The van der Waals surface area contributed by atoms with E-state index in [1.165, 1.54) is 35.6 Å². The lowest BCUT2D eigenvalue weighted by Crippen LogP contribution is -2.47. The monoisotopic (exact) mass is 351 g/mol. The van der Waals surface area contributed by atoms with Crippen LogP contribution in [0.4, 0.5) is 4.39 Å². The molecule has 0 spiro atoms. The molecule has 1 heterocycles. The van der Waals surface area contributed by atoms with Crippen LogP contribution in [0.15, 0.2) is 41.8 Å². The summed E-state index contributed by atoms with van der Waals surface area (Å²) >= 11 is 1.25. The first-order valence-corrected chi connectivity index (χ1v) is 7.70. The van der Waals surface area contributed by atoms with Gasteiger partial charge in [-0.05, 0) is 35.7 Å². The molecular weight excluding hydrogens is 337 g/mol. The van der Waals surface area contributed by atoms with Gasteiger partial charge in [-0.2, -0.15) is 0 Å². The molecule has 2 rings (SSSR count). The third-order valence-electron chi connectivity index (χ3n) is 2.68.